The van der Waals surface area contributed by atoms with E-state index in [-0.39, 0.29) is 17.4 Å². The van der Waals surface area contributed by atoms with E-state index in [1.165, 1.54) is 19.2 Å². The molecule has 1 heterocycles. The van der Waals surface area contributed by atoms with Gasteiger partial charge in [-0.05, 0) is 12.1 Å². The van der Waals surface area contributed by atoms with Gasteiger partial charge in [0.05, 0.1) is 13.2 Å². The molecule has 1 aliphatic heterocycles. The van der Waals surface area contributed by atoms with Gasteiger partial charge in [-0.25, -0.2) is 4.39 Å². The number of amides is 1. The van der Waals surface area contributed by atoms with Crippen molar-refractivity contribution in [3.05, 3.63) is 29.6 Å². The van der Waals surface area contributed by atoms with Gasteiger partial charge in [-0.15, -0.1) is 0 Å². The van der Waals surface area contributed by atoms with Crippen LogP contribution in [0.3, 0.4) is 0 Å². The summed E-state index contributed by atoms with van der Waals surface area (Å²) in [5, 5.41) is 5.75. The molecule has 2 N–H and O–H groups in total. The van der Waals surface area contributed by atoms with Crippen LogP contribution in [0.5, 0.6) is 5.75 Å². The maximum absolute atomic E-state index is 13.5. The zero-order chi connectivity index (χ0) is 11.5. The number of ether oxygens (including phenoxy) is 1. The Morgan fingerprint density at radius 1 is 1.56 bits per heavy atom. The lowest BCUT2D eigenvalue weighted by Crippen LogP contribution is -2.57. The van der Waals surface area contributed by atoms with E-state index in [2.05, 4.69) is 10.6 Å². The van der Waals surface area contributed by atoms with Gasteiger partial charge in [-0.3, -0.25) is 4.79 Å². The van der Waals surface area contributed by atoms with Crippen molar-refractivity contribution in [2.75, 3.05) is 20.2 Å². The quantitative estimate of drug-likeness (QED) is 0.787. The van der Waals surface area contributed by atoms with E-state index in [1.54, 1.807) is 6.07 Å². The fourth-order valence-electron chi connectivity index (χ4n) is 1.54. The number of benzene rings is 1. The molecule has 4 nitrogen and oxygen atoms in total. The molecule has 0 radical (unpaired) electrons. The molecule has 0 atom stereocenters. The van der Waals surface area contributed by atoms with Gasteiger partial charge < -0.3 is 15.4 Å². The van der Waals surface area contributed by atoms with Crippen LogP contribution in [0, 0.1) is 5.82 Å². The van der Waals surface area contributed by atoms with Crippen molar-refractivity contribution < 1.29 is 13.9 Å². The summed E-state index contributed by atoms with van der Waals surface area (Å²) >= 11 is 0. The smallest absolute Gasteiger partial charge is 0.258 e. The summed E-state index contributed by atoms with van der Waals surface area (Å²) in [6.07, 6.45) is 0. The highest BCUT2D eigenvalue weighted by molar-refractivity contribution is 5.97. The lowest BCUT2D eigenvalue weighted by molar-refractivity contribution is 0.0916. The first-order chi connectivity index (χ1) is 7.72. The minimum atomic E-state index is -0.566. The van der Waals surface area contributed by atoms with Gasteiger partial charge in [0.2, 0.25) is 0 Å². The Bertz CT molecular complexity index is 405. The van der Waals surface area contributed by atoms with Gasteiger partial charge in [-0.1, -0.05) is 6.07 Å². The van der Waals surface area contributed by atoms with Crippen molar-refractivity contribution in [2.24, 2.45) is 0 Å². The molecule has 5 heteroatoms. The first-order valence-electron chi connectivity index (χ1n) is 5.06. The number of carbonyl (C=O) groups is 1. The molecule has 0 aliphatic carbocycles. The van der Waals surface area contributed by atoms with Crippen LogP contribution in [0.1, 0.15) is 10.4 Å². The standard InChI is InChI=1S/C11H13FN2O2/c1-16-9-4-2-3-8(12)10(9)11(15)14-7-5-13-6-7/h2-4,7,13H,5-6H2,1H3,(H,14,15). The summed E-state index contributed by atoms with van der Waals surface area (Å²) in [6.45, 7) is 1.45. The molecule has 0 aromatic heterocycles. The Kier molecular flexibility index (Phi) is 3.05. The van der Waals surface area contributed by atoms with Crippen LogP contribution in [0.15, 0.2) is 18.2 Å². The van der Waals surface area contributed by atoms with Crippen LogP contribution in [0.2, 0.25) is 0 Å². The van der Waals surface area contributed by atoms with E-state index in [9.17, 15) is 9.18 Å². The molecule has 1 aromatic carbocycles. The summed E-state index contributed by atoms with van der Waals surface area (Å²) in [5.41, 5.74) is -0.0306. The Balaban J connectivity index is 2.20. The molecule has 0 spiro atoms. The van der Waals surface area contributed by atoms with Gasteiger partial charge in [0.15, 0.2) is 0 Å². The van der Waals surface area contributed by atoms with Crippen LogP contribution in [0.4, 0.5) is 4.39 Å². The first-order valence-corrected chi connectivity index (χ1v) is 5.06. The van der Waals surface area contributed by atoms with Gasteiger partial charge >= 0.3 is 0 Å². The Labute approximate surface area is 92.8 Å². The Hall–Kier alpha value is -1.62. The predicted octanol–water partition coefficient (Wildman–Crippen LogP) is 0.536. The monoisotopic (exact) mass is 224 g/mol. The molecule has 1 aromatic rings. The first kappa shape index (κ1) is 10.9. The van der Waals surface area contributed by atoms with E-state index in [1.807, 2.05) is 0 Å². The van der Waals surface area contributed by atoms with Crippen molar-refractivity contribution in [1.82, 2.24) is 10.6 Å². The molecule has 0 bridgehead atoms. The van der Waals surface area contributed by atoms with Crippen LogP contribution in [-0.2, 0) is 0 Å². The van der Waals surface area contributed by atoms with Crippen LogP contribution in [0.25, 0.3) is 0 Å². The summed E-state index contributed by atoms with van der Waals surface area (Å²) in [4.78, 5) is 11.8. The number of hydrogen-bond donors (Lipinski definition) is 2. The second kappa shape index (κ2) is 4.49. The number of rotatable bonds is 3. The van der Waals surface area contributed by atoms with Crippen molar-refractivity contribution >= 4 is 5.91 Å². The van der Waals surface area contributed by atoms with Crippen LogP contribution >= 0.6 is 0 Å². The molecule has 0 saturated carbocycles. The van der Waals surface area contributed by atoms with Crippen molar-refractivity contribution in [3.8, 4) is 5.75 Å². The lowest BCUT2D eigenvalue weighted by atomic mass is 10.1. The van der Waals surface area contributed by atoms with E-state index in [0.29, 0.717) is 0 Å². The average Bonchev–Trinajstić information content (AvgIpc) is 2.22. The zero-order valence-corrected chi connectivity index (χ0v) is 8.92. The Morgan fingerprint density at radius 2 is 2.31 bits per heavy atom. The number of carbonyl (C=O) groups excluding carboxylic acids is 1. The van der Waals surface area contributed by atoms with Gasteiger partial charge in [0, 0.05) is 13.1 Å². The van der Waals surface area contributed by atoms with Crippen LogP contribution in [-0.4, -0.2) is 32.1 Å². The molecular formula is C11H13FN2O2. The molecule has 1 amide bonds. The van der Waals surface area contributed by atoms with Crippen LogP contribution < -0.4 is 15.4 Å². The van der Waals surface area contributed by atoms with E-state index < -0.39 is 11.7 Å². The molecule has 1 saturated heterocycles. The zero-order valence-electron chi connectivity index (χ0n) is 8.92. The highest BCUT2D eigenvalue weighted by Gasteiger charge is 2.23. The number of hydrogen-bond acceptors (Lipinski definition) is 3. The molecule has 16 heavy (non-hydrogen) atoms. The largest absolute Gasteiger partial charge is 0.496 e. The fourth-order valence-corrected chi connectivity index (χ4v) is 1.54. The number of methoxy groups -OCH3 is 1. The second-order valence-corrected chi connectivity index (χ2v) is 3.65. The summed E-state index contributed by atoms with van der Waals surface area (Å²) in [7, 11) is 1.41. The SMILES string of the molecule is COc1cccc(F)c1C(=O)NC1CNC1. The third kappa shape index (κ3) is 1.99. The Morgan fingerprint density at radius 3 is 2.88 bits per heavy atom. The summed E-state index contributed by atoms with van der Waals surface area (Å²) in [6, 6.07) is 4.40. The maximum atomic E-state index is 13.5. The third-order valence-corrected chi connectivity index (χ3v) is 2.54. The maximum Gasteiger partial charge on any atom is 0.258 e. The summed E-state index contributed by atoms with van der Waals surface area (Å²) in [5.74, 6) is -0.740. The minimum absolute atomic E-state index is 0.0306. The minimum Gasteiger partial charge on any atom is -0.496 e. The highest BCUT2D eigenvalue weighted by atomic mass is 19.1. The lowest BCUT2D eigenvalue weighted by Gasteiger charge is -2.28. The number of nitrogens with one attached hydrogen (secondary N) is 2. The normalized spacial score (nSPS) is 15.4. The van der Waals surface area contributed by atoms with Gasteiger partial charge in [-0.2, -0.15) is 0 Å². The second-order valence-electron chi connectivity index (χ2n) is 3.65. The molecule has 1 aliphatic rings. The van der Waals surface area contributed by atoms with Crippen molar-refractivity contribution in [2.45, 2.75) is 6.04 Å². The van der Waals surface area contributed by atoms with E-state index >= 15 is 0 Å². The van der Waals surface area contributed by atoms with Gasteiger partial charge in [0.25, 0.3) is 5.91 Å². The topological polar surface area (TPSA) is 50.4 Å². The van der Waals surface area contributed by atoms with Gasteiger partial charge in [0.1, 0.15) is 17.1 Å². The fraction of sp³-hybridized carbons (Fsp3) is 0.364. The van der Waals surface area contributed by atoms with E-state index in [0.717, 1.165) is 13.1 Å². The van der Waals surface area contributed by atoms with E-state index in [4.69, 9.17) is 4.74 Å². The summed E-state index contributed by atoms with van der Waals surface area (Å²) < 4.78 is 18.5. The molecule has 86 valence electrons. The van der Waals surface area contributed by atoms with Crippen molar-refractivity contribution in [3.63, 3.8) is 0 Å². The number of halogens is 1. The molecule has 0 unspecified atom stereocenters. The highest BCUT2D eigenvalue weighted by Crippen LogP contribution is 2.21. The molecular weight excluding hydrogens is 211 g/mol. The molecule has 2 rings (SSSR count). The average molecular weight is 224 g/mol. The van der Waals surface area contributed by atoms with Crippen molar-refractivity contribution in [1.29, 1.82) is 0 Å². The third-order valence-electron chi connectivity index (χ3n) is 2.54. The predicted molar refractivity (Wildman–Crippen MR) is 57.1 cm³/mol. The molecule has 1 fully saturated rings.